The van der Waals surface area contributed by atoms with E-state index in [0.29, 0.717) is 0 Å². The SMILES string of the molecule is CC(=O)NC(C)(C(=O)O)c1ccc(F)cc1Cl. The summed E-state index contributed by atoms with van der Waals surface area (Å²) >= 11 is 5.79. The minimum absolute atomic E-state index is 0.0522. The van der Waals surface area contributed by atoms with Crippen LogP contribution in [0.15, 0.2) is 18.2 Å². The maximum absolute atomic E-state index is 12.9. The average molecular weight is 260 g/mol. The van der Waals surface area contributed by atoms with E-state index in [1.807, 2.05) is 0 Å². The highest BCUT2D eigenvalue weighted by Gasteiger charge is 2.37. The van der Waals surface area contributed by atoms with Crippen molar-refractivity contribution in [2.75, 3.05) is 0 Å². The highest BCUT2D eigenvalue weighted by Crippen LogP contribution is 2.29. The second-order valence-corrected chi connectivity index (χ2v) is 4.14. The number of rotatable bonds is 3. The zero-order chi connectivity index (χ0) is 13.2. The van der Waals surface area contributed by atoms with Gasteiger partial charge in [-0.15, -0.1) is 0 Å². The molecule has 0 heterocycles. The second kappa shape index (κ2) is 4.71. The third kappa shape index (κ3) is 2.74. The molecule has 0 aliphatic carbocycles. The van der Waals surface area contributed by atoms with E-state index in [9.17, 15) is 14.0 Å². The Morgan fingerprint density at radius 2 is 2.06 bits per heavy atom. The van der Waals surface area contributed by atoms with Crippen molar-refractivity contribution in [1.29, 1.82) is 0 Å². The Labute approximate surface area is 102 Å². The van der Waals surface area contributed by atoms with Gasteiger partial charge in [0.2, 0.25) is 5.91 Å². The maximum Gasteiger partial charge on any atom is 0.333 e. The minimum Gasteiger partial charge on any atom is -0.479 e. The molecule has 0 spiro atoms. The third-order valence-corrected chi connectivity index (χ3v) is 2.64. The van der Waals surface area contributed by atoms with Crippen LogP contribution in [0.25, 0.3) is 0 Å². The summed E-state index contributed by atoms with van der Waals surface area (Å²) < 4.78 is 12.9. The molecule has 2 N–H and O–H groups in total. The molecule has 0 aromatic heterocycles. The van der Waals surface area contributed by atoms with Crippen molar-refractivity contribution in [2.45, 2.75) is 19.4 Å². The molecule has 0 saturated heterocycles. The van der Waals surface area contributed by atoms with Crippen LogP contribution in [0.5, 0.6) is 0 Å². The Bertz CT molecular complexity index is 478. The van der Waals surface area contributed by atoms with Crippen LogP contribution in [-0.4, -0.2) is 17.0 Å². The number of benzene rings is 1. The summed E-state index contributed by atoms with van der Waals surface area (Å²) in [6.45, 7) is 2.48. The smallest absolute Gasteiger partial charge is 0.333 e. The molecule has 1 aromatic rings. The molecule has 1 aromatic carbocycles. The Balaban J connectivity index is 3.32. The number of hydrogen-bond donors (Lipinski definition) is 2. The van der Waals surface area contributed by atoms with Gasteiger partial charge in [-0.1, -0.05) is 17.7 Å². The first kappa shape index (κ1) is 13.4. The number of amides is 1. The molecule has 0 aliphatic rings. The van der Waals surface area contributed by atoms with E-state index in [1.165, 1.54) is 19.9 Å². The van der Waals surface area contributed by atoms with E-state index in [2.05, 4.69) is 5.32 Å². The first-order valence-electron chi connectivity index (χ1n) is 4.75. The number of carbonyl (C=O) groups excluding carboxylic acids is 1. The molecule has 0 aliphatic heterocycles. The van der Waals surface area contributed by atoms with Gasteiger partial charge in [0.25, 0.3) is 0 Å². The molecule has 4 nitrogen and oxygen atoms in total. The van der Waals surface area contributed by atoms with Crippen molar-refractivity contribution >= 4 is 23.5 Å². The number of carbonyl (C=O) groups is 2. The van der Waals surface area contributed by atoms with Gasteiger partial charge in [-0.05, 0) is 19.1 Å². The lowest BCUT2D eigenvalue weighted by Gasteiger charge is -2.27. The largest absolute Gasteiger partial charge is 0.479 e. The fraction of sp³-hybridized carbons (Fsp3) is 0.273. The van der Waals surface area contributed by atoms with Gasteiger partial charge in [-0.3, -0.25) is 4.79 Å². The van der Waals surface area contributed by atoms with Crippen molar-refractivity contribution in [3.63, 3.8) is 0 Å². The van der Waals surface area contributed by atoms with Gasteiger partial charge in [-0.25, -0.2) is 9.18 Å². The lowest BCUT2D eigenvalue weighted by molar-refractivity contribution is -0.147. The van der Waals surface area contributed by atoms with Crippen molar-refractivity contribution in [1.82, 2.24) is 5.32 Å². The van der Waals surface area contributed by atoms with Crippen LogP contribution in [-0.2, 0) is 15.1 Å². The van der Waals surface area contributed by atoms with Gasteiger partial charge in [0.05, 0.1) is 0 Å². The molecule has 0 fully saturated rings. The quantitative estimate of drug-likeness (QED) is 0.871. The van der Waals surface area contributed by atoms with Gasteiger partial charge in [0, 0.05) is 17.5 Å². The Morgan fingerprint density at radius 1 is 1.47 bits per heavy atom. The highest BCUT2D eigenvalue weighted by atomic mass is 35.5. The third-order valence-electron chi connectivity index (χ3n) is 2.32. The van der Waals surface area contributed by atoms with Crippen molar-refractivity contribution < 1.29 is 19.1 Å². The van der Waals surface area contributed by atoms with Gasteiger partial charge < -0.3 is 10.4 Å². The van der Waals surface area contributed by atoms with Gasteiger partial charge in [-0.2, -0.15) is 0 Å². The molecule has 17 heavy (non-hydrogen) atoms. The fourth-order valence-corrected chi connectivity index (χ4v) is 1.84. The Morgan fingerprint density at radius 3 is 2.47 bits per heavy atom. The first-order chi connectivity index (χ1) is 7.77. The van der Waals surface area contributed by atoms with E-state index in [-0.39, 0.29) is 10.6 Å². The van der Waals surface area contributed by atoms with Gasteiger partial charge in [0.1, 0.15) is 5.82 Å². The normalized spacial score (nSPS) is 13.9. The summed E-state index contributed by atoms with van der Waals surface area (Å²) in [7, 11) is 0. The number of hydrogen-bond acceptors (Lipinski definition) is 2. The summed E-state index contributed by atoms with van der Waals surface area (Å²) in [5, 5.41) is 11.4. The fourth-order valence-electron chi connectivity index (χ4n) is 1.48. The molecule has 1 rings (SSSR count). The zero-order valence-electron chi connectivity index (χ0n) is 9.25. The predicted octanol–water partition coefficient (Wildman–Crippen LogP) is 1.92. The van der Waals surface area contributed by atoms with Crippen LogP contribution in [0, 0.1) is 5.82 Å². The number of aliphatic carboxylic acids is 1. The number of nitrogens with one attached hydrogen (secondary N) is 1. The summed E-state index contributed by atoms with van der Waals surface area (Å²) in [6.07, 6.45) is 0. The number of halogens is 2. The zero-order valence-corrected chi connectivity index (χ0v) is 10.0. The van der Waals surface area contributed by atoms with Crippen LogP contribution in [0.3, 0.4) is 0 Å². The molecule has 1 unspecified atom stereocenters. The summed E-state index contributed by atoms with van der Waals surface area (Å²) in [5.41, 5.74) is -1.56. The molecule has 1 amide bonds. The predicted molar refractivity (Wildman–Crippen MR) is 60.2 cm³/mol. The molecule has 0 bridgehead atoms. The van der Waals surface area contributed by atoms with Crippen molar-refractivity contribution in [2.24, 2.45) is 0 Å². The summed E-state index contributed by atoms with van der Waals surface area (Å²) in [4.78, 5) is 22.3. The Kier molecular flexibility index (Phi) is 3.72. The molecule has 0 saturated carbocycles. The molecule has 0 radical (unpaired) electrons. The first-order valence-corrected chi connectivity index (χ1v) is 5.13. The van der Waals surface area contributed by atoms with Crippen LogP contribution >= 0.6 is 11.6 Å². The lowest BCUT2D eigenvalue weighted by Crippen LogP contribution is -2.49. The molecule has 1 atom stereocenters. The molecule has 92 valence electrons. The van der Waals surface area contributed by atoms with E-state index >= 15 is 0 Å². The van der Waals surface area contributed by atoms with Crippen LogP contribution in [0.2, 0.25) is 5.02 Å². The van der Waals surface area contributed by atoms with Crippen molar-refractivity contribution in [3.05, 3.63) is 34.6 Å². The monoisotopic (exact) mass is 259 g/mol. The standard InChI is InChI=1S/C11H11ClFNO3/c1-6(15)14-11(2,10(16)17)8-4-3-7(13)5-9(8)12/h3-5H,1-2H3,(H,14,15)(H,16,17). The molecular formula is C11H11ClFNO3. The molecule has 6 heteroatoms. The Hall–Kier alpha value is -1.62. The number of carboxylic acids is 1. The lowest BCUT2D eigenvalue weighted by atomic mass is 9.92. The van der Waals surface area contributed by atoms with Crippen LogP contribution < -0.4 is 5.32 Å². The second-order valence-electron chi connectivity index (χ2n) is 3.74. The van der Waals surface area contributed by atoms with E-state index < -0.39 is 23.2 Å². The van der Waals surface area contributed by atoms with Gasteiger partial charge >= 0.3 is 5.97 Å². The highest BCUT2D eigenvalue weighted by molar-refractivity contribution is 6.31. The van der Waals surface area contributed by atoms with Crippen LogP contribution in [0.4, 0.5) is 4.39 Å². The minimum atomic E-state index is -1.68. The van der Waals surface area contributed by atoms with E-state index in [0.717, 1.165) is 12.1 Å². The summed E-state index contributed by atoms with van der Waals surface area (Å²) in [5.74, 6) is -2.37. The molecular weight excluding hydrogens is 249 g/mol. The van der Waals surface area contributed by atoms with Crippen LogP contribution in [0.1, 0.15) is 19.4 Å². The average Bonchev–Trinajstić information content (AvgIpc) is 2.15. The number of carboxylic acid groups (broad SMARTS) is 1. The van der Waals surface area contributed by atoms with E-state index in [4.69, 9.17) is 16.7 Å². The maximum atomic E-state index is 12.9. The van der Waals surface area contributed by atoms with Crippen molar-refractivity contribution in [3.8, 4) is 0 Å². The topological polar surface area (TPSA) is 66.4 Å². The van der Waals surface area contributed by atoms with Gasteiger partial charge in [0.15, 0.2) is 5.54 Å². The van der Waals surface area contributed by atoms with E-state index in [1.54, 1.807) is 0 Å². The summed E-state index contributed by atoms with van der Waals surface area (Å²) in [6, 6.07) is 3.33.